The lowest BCUT2D eigenvalue weighted by molar-refractivity contribution is -0.0105. The lowest BCUT2D eigenvalue weighted by Crippen LogP contribution is -2.14. The largest absolute Gasteiger partial charge is 0.430 e. The van der Waals surface area contributed by atoms with Crippen LogP contribution in [0.25, 0.3) is 0 Å². The highest BCUT2D eigenvalue weighted by molar-refractivity contribution is 8.03. The molecule has 0 N–H and O–H groups in total. The molecule has 1 fully saturated rings. The highest BCUT2D eigenvalue weighted by Gasteiger charge is 2.58. The second kappa shape index (κ2) is 3.87. The van der Waals surface area contributed by atoms with Gasteiger partial charge in [0.25, 0.3) is 0 Å². The van der Waals surface area contributed by atoms with E-state index in [1.54, 1.807) is 11.8 Å². The molecule has 19 heavy (non-hydrogen) atoms. The summed E-state index contributed by atoms with van der Waals surface area (Å²) in [6, 6.07) is 9.99. The summed E-state index contributed by atoms with van der Waals surface area (Å²) < 4.78 is 5.87. The monoisotopic (exact) mass is 271 g/mol. The Morgan fingerprint density at radius 2 is 2.11 bits per heavy atom. The number of hydrogen-bond acceptors (Lipinski definition) is 5. The molecule has 5 heteroatoms. The molecular weight excluding hydrogens is 262 g/mol. The van der Waals surface area contributed by atoms with Gasteiger partial charge in [0.05, 0.1) is 11.1 Å². The van der Waals surface area contributed by atoms with E-state index in [4.69, 9.17) is 14.5 Å². The standard InChI is InChI=1S/C14H9NO3S/c15-8-9-4-3-7-12-13(9)16-14(17-18-14)10-5-1-2-6-11(10)19-12/h1-2,4-6H,3,7H2. The minimum absolute atomic E-state index is 0.556. The molecule has 1 aliphatic carbocycles. The first-order valence-corrected chi connectivity index (χ1v) is 6.81. The van der Waals surface area contributed by atoms with E-state index < -0.39 is 5.97 Å². The van der Waals surface area contributed by atoms with E-state index in [0.29, 0.717) is 11.3 Å². The fraction of sp³-hybridized carbons (Fsp3) is 0.214. The summed E-state index contributed by atoms with van der Waals surface area (Å²) in [6.07, 6.45) is 3.62. The van der Waals surface area contributed by atoms with Crippen LogP contribution in [0.15, 0.2) is 51.5 Å². The van der Waals surface area contributed by atoms with Crippen LogP contribution in [-0.2, 0) is 20.5 Å². The number of fused-ring (bicyclic) bond motifs is 2. The third-order valence-corrected chi connectivity index (χ3v) is 4.47. The predicted octanol–water partition coefficient (Wildman–Crippen LogP) is 3.34. The van der Waals surface area contributed by atoms with Gasteiger partial charge in [0, 0.05) is 9.80 Å². The second-order valence-corrected chi connectivity index (χ2v) is 5.58. The molecule has 1 saturated heterocycles. The van der Waals surface area contributed by atoms with E-state index in [-0.39, 0.29) is 0 Å². The molecule has 1 aromatic carbocycles. The Hall–Kier alpha value is -1.74. The van der Waals surface area contributed by atoms with Crippen molar-refractivity contribution in [2.24, 2.45) is 0 Å². The number of allylic oxidation sites excluding steroid dienone is 3. The Bertz CT molecular complexity index is 668. The summed E-state index contributed by atoms with van der Waals surface area (Å²) in [5.74, 6) is -0.569. The third kappa shape index (κ3) is 1.61. The van der Waals surface area contributed by atoms with Gasteiger partial charge >= 0.3 is 5.97 Å². The quantitative estimate of drug-likeness (QED) is 0.535. The van der Waals surface area contributed by atoms with Crippen LogP contribution in [0.2, 0.25) is 0 Å². The van der Waals surface area contributed by atoms with Crippen LogP contribution < -0.4 is 0 Å². The molecule has 1 spiro atoms. The zero-order valence-electron chi connectivity index (χ0n) is 9.88. The zero-order valence-corrected chi connectivity index (χ0v) is 10.7. The lowest BCUT2D eigenvalue weighted by Gasteiger charge is -2.16. The second-order valence-electron chi connectivity index (χ2n) is 4.44. The van der Waals surface area contributed by atoms with Crippen molar-refractivity contribution in [1.29, 1.82) is 5.26 Å². The van der Waals surface area contributed by atoms with E-state index in [2.05, 4.69) is 6.07 Å². The van der Waals surface area contributed by atoms with Crippen LogP contribution in [-0.4, -0.2) is 0 Å². The van der Waals surface area contributed by atoms with Crippen LogP contribution in [0.4, 0.5) is 0 Å². The first-order valence-electron chi connectivity index (χ1n) is 5.99. The van der Waals surface area contributed by atoms with E-state index in [1.165, 1.54) is 0 Å². The summed E-state index contributed by atoms with van der Waals surface area (Å²) >= 11 is 1.63. The van der Waals surface area contributed by atoms with Gasteiger partial charge in [-0.15, -0.1) is 9.78 Å². The van der Waals surface area contributed by atoms with Gasteiger partial charge in [-0.1, -0.05) is 30.0 Å². The maximum Gasteiger partial charge on any atom is 0.411 e. The molecule has 0 saturated carbocycles. The van der Waals surface area contributed by atoms with Crippen LogP contribution in [0, 0.1) is 11.3 Å². The van der Waals surface area contributed by atoms with Crippen molar-refractivity contribution in [1.82, 2.24) is 0 Å². The van der Waals surface area contributed by atoms with Gasteiger partial charge < -0.3 is 4.74 Å². The van der Waals surface area contributed by atoms with Gasteiger partial charge in [-0.3, -0.25) is 0 Å². The first kappa shape index (κ1) is 11.1. The number of ether oxygens (including phenoxy) is 1. The van der Waals surface area contributed by atoms with Gasteiger partial charge in [-0.05, 0) is 25.0 Å². The Balaban J connectivity index is 1.87. The van der Waals surface area contributed by atoms with Gasteiger partial charge in [0.1, 0.15) is 6.07 Å². The summed E-state index contributed by atoms with van der Waals surface area (Å²) in [6.45, 7) is 0. The van der Waals surface area contributed by atoms with Gasteiger partial charge in [0.2, 0.25) is 0 Å². The lowest BCUT2D eigenvalue weighted by atomic mass is 10.1. The van der Waals surface area contributed by atoms with E-state index >= 15 is 0 Å². The Kier molecular flexibility index (Phi) is 2.27. The van der Waals surface area contributed by atoms with Crippen molar-refractivity contribution in [3.63, 3.8) is 0 Å². The van der Waals surface area contributed by atoms with Crippen LogP contribution >= 0.6 is 11.8 Å². The number of nitriles is 1. The molecule has 0 atom stereocenters. The van der Waals surface area contributed by atoms with Crippen molar-refractivity contribution in [3.8, 4) is 6.07 Å². The number of thioether (sulfide) groups is 1. The maximum atomic E-state index is 9.21. The number of rotatable bonds is 0. The summed E-state index contributed by atoms with van der Waals surface area (Å²) in [7, 11) is 0. The topological polar surface area (TPSA) is 58.1 Å². The first-order chi connectivity index (χ1) is 9.32. The van der Waals surface area contributed by atoms with Crippen molar-refractivity contribution >= 4 is 11.8 Å². The fourth-order valence-corrected chi connectivity index (χ4v) is 3.48. The van der Waals surface area contributed by atoms with E-state index in [0.717, 1.165) is 28.2 Å². The molecule has 0 aromatic heterocycles. The minimum Gasteiger partial charge on any atom is -0.430 e. The molecule has 0 amide bonds. The van der Waals surface area contributed by atoms with Gasteiger partial charge in [0.15, 0.2) is 5.76 Å². The molecule has 1 aromatic rings. The molecule has 2 heterocycles. The Morgan fingerprint density at radius 1 is 1.26 bits per heavy atom. The van der Waals surface area contributed by atoms with Crippen molar-refractivity contribution in [2.45, 2.75) is 23.7 Å². The van der Waals surface area contributed by atoms with Crippen molar-refractivity contribution < 1.29 is 14.5 Å². The zero-order chi connectivity index (χ0) is 12.9. The smallest absolute Gasteiger partial charge is 0.411 e. The third-order valence-electron chi connectivity index (χ3n) is 3.26. The van der Waals surface area contributed by atoms with Crippen LogP contribution in [0.1, 0.15) is 18.4 Å². The molecule has 0 unspecified atom stereocenters. The van der Waals surface area contributed by atoms with Crippen molar-refractivity contribution in [3.05, 3.63) is 52.1 Å². The van der Waals surface area contributed by atoms with Crippen LogP contribution in [0.3, 0.4) is 0 Å². The Morgan fingerprint density at radius 3 is 2.89 bits per heavy atom. The molecule has 4 nitrogen and oxygen atoms in total. The minimum atomic E-state index is -1.16. The fourth-order valence-electron chi connectivity index (χ4n) is 2.30. The number of hydrogen-bond donors (Lipinski definition) is 0. The number of nitrogens with zero attached hydrogens (tertiary/aromatic N) is 1. The molecule has 2 aliphatic heterocycles. The average molecular weight is 271 g/mol. The molecular formula is C14H9NO3S. The number of benzene rings is 1. The summed E-state index contributed by atoms with van der Waals surface area (Å²) in [5.41, 5.74) is 1.41. The van der Waals surface area contributed by atoms with Gasteiger partial charge in [-0.25, -0.2) is 0 Å². The summed E-state index contributed by atoms with van der Waals surface area (Å²) in [5, 5.41) is 9.21. The predicted molar refractivity (Wildman–Crippen MR) is 67.2 cm³/mol. The molecule has 94 valence electrons. The van der Waals surface area contributed by atoms with Crippen LogP contribution in [0.5, 0.6) is 0 Å². The van der Waals surface area contributed by atoms with E-state index in [1.807, 2.05) is 30.3 Å². The highest BCUT2D eigenvalue weighted by Crippen LogP contribution is 2.54. The Labute approximate surface area is 114 Å². The maximum absolute atomic E-state index is 9.21. The molecule has 3 aliphatic rings. The molecule has 0 radical (unpaired) electrons. The summed E-state index contributed by atoms with van der Waals surface area (Å²) in [4.78, 5) is 12.3. The van der Waals surface area contributed by atoms with E-state index in [9.17, 15) is 5.26 Å². The molecule has 0 bridgehead atoms. The highest BCUT2D eigenvalue weighted by atomic mass is 32.2. The van der Waals surface area contributed by atoms with Crippen molar-refractivity contribution in [2.75, 3.05) is 0 Å². The van der Waals surface area contributed by atoms with Gasteiger partial charge in [-0.2, -0.15) is 5.26 Å². The normalized spacial score (nSPS) is 22.6. The SMILES string of the molecule is N#CC1=CCCC2=C1OC1(OO1)c1ccccc1S2. The molecule has 4 rings (SSSR count). The average Bonchev–Trinajstić information content (AvgIpc) is 3.23.